The van der Waals surface area contributed by atoms with Gasteiger partial charge in [-0.15, -0.1) is 0 Å². The van der Waals surface area contributed by atoms with E-state index >= 15 is 0 Å². The average molecular weight is 586 g/mol. The van der Waals surface area contributed by atoms with Crippen LogP contribution in [0, 0.1) is 0 Å². The molecule has 0 amide bonds. The third-order valence-electron chi connectivity index (χ3n) is 5.75. The Bertz CT molecular complexity index is 1660. The molecular weight excluding hydrogens is 568 g/mol. The quantitative estimate of drug-likeness (QED) is 0.157. The zero-order chi connectivity index (χ0) is 31.3. The van der Waals surface area contributed by atoms with Crippen molar-refractivity contribution >= 4 is 35.8 Å². The molecule has 0 radical (unpaired) electrons. The topological polar surface area (TPSA) is 211 Å². The Labute approximate surface area is 240 Å². The summed E-state index contributed by atoms with van der Waals surface area (Å²) in [4.78, 5) is 66.4. The molecule has 1 aliphatic heterocycles. The predicted octanol–water partition coefficient (Wildman–Crippen LogP) is 5.06. The minimum atomic E-state index is -1.41. The SMILES string of the molecule is O=C(O)c1ccc(Oc2ccc(Oc3ccc(C(=O)O)c(C(=O)O)c3)cc2)cc1C(=O)O.O=C1OC(=O)c2ccccc21. The van der Waals surface area contributed by atoms with Crippen LogP contribution < -0.4 is 9.47 Å². The number of carbonyl (C=O) groups excluding carboxylic acids is 2. The van der Waals surface area contributed by atoms with Crippen LogP contribution >= 0.6 is 0 Å². The summed E-state index contributed by atoms with van der Waals surface area (Å²) in [6, 6.07) is 19.6. The zero-order valence-electron chi connectivity index (χ0n) is 21.5. The highest BCUT2D eigenvalue weighted by molar-refractivity contribution is 6.14. The molecule has 13 heteroatoms. The summed E-state index contributed by atoms with van der Waals surface area (Å²) in [5.41, 5.74) is -0.871. The summed E-state index contributed by atoms with van der Waals surface area (Å²) < 4.78 is 15.4. The second-order valence-electron chi connectivity index (χ2n) is 8.53. The smallest absolute Gasteiger partial charge is 0.346 e. The number of carboxylic acids is 4. The van der Waals surface area contributed by atoms with Crippen LogP contribution in [0.2, 0.25) is 0 Å². The van der Waals surface area contributed by atoms with Gasteiger partial charge in [-0.3, -0.25) is 0 Å². The lowest BCUT2D eigenvalue weighted by Crippen LogP contribution is -2.08. The Morgan fingerprint density at radius 1 is 0.465 bits per heavy atom. The van der Waals surface area contributed by atoms with Gasteiger partial charge in [0.05, 0.1) is 33.4 Å². The first kappa shape index (κ1) is 29.5. The number of ether oxygens (including phenoxy) is 3. The molecule has 0 spiro atoms. The minimum Gasteiger partial charge on any atom is -0.478 e. The van der Waals surface area contributed by atoms with Crippen LogP contribution in [0.15, 0.2) is 84.9 Å². The number of carboxylic acid groups (broad SMARTS) is 4. The van der Waals surface area contributed by atoms with E-state index in [1.807, 2.05) is 0 Å². The molecule has 0 aliphatic carbocycles. The number of hydrogen-bond donors (Lipinski definition) is 4. The zero-order valence-corrected chi connectivity index (χ0v) is 21.5. The maximum atomic E-state index is 11.3. The molecule has 0 unspecified atom stereocenters. The van der Waals surface area contributed by atoms with Crippen LogP contribution in [-0.4, -0.2) is 56.2 Å². The molecule has 0 saturated heterocycles. The molecule has 4 aromatic carbocycles. The van der Waals surface area contributed by atoms with Crippen LogP contribution in [0.1, 0.15) is 62.1 Å². The fourth-order valence-corrected chi connectivity index (χ4v) is 3.78. The first-order chi connectivity index (χ1) is 20.4. The summed E-state index contributed by atoms with van der Waals surface area (Å²) in [5, 5.41) is 36.5. The Morgan fingerprint density at radius 2 is 0.791 bits per heavy atom. The van der Waals surface area contributed by atoms with Crippen molar-refractivity contribution in [3.05, 3.63) is 118 Å². The van der Waals surface area contributed by atoms with Crippen molar-refractivity contribution in [2.45, 2.75) is 0 Å². The van der Waals surface area contributed by atoms with E-state index in [1.54, 1.807) is 24.3 Å². The van der Waals surface area contributed by atoms with Gasteiger partial charge < -0.3 is 34.6 Å². The average Bonchev–Trinajstić information content (AvgIpc) is 3.27. The molecule has 216 valence electrons. The normalized spacial score (nSPS) is 11.3. The van der Waals surface area contributed by atoms with Crippen molar-refractivity contribution in [1.29, 1.82) is 0 Å². The number of rotatable bonds is 8. The van der Waals surface area contributed by atoms with E-state index in [9.17, 15) is 39.0 Å². The number of esters is 2. The monoisotopic (exact) mass is 586 g/mol. The Hall–Kier alpha value is -6.50. The third kappa shape index (κ3) is 6.81. The maximum absolute atomic E-state index is 11.3. The molecule has 5 rings (SSSR count). The summed E-state index contributed by atoms with van der Waals surface area (Å²) >= 11 is 0. The van der Waals surface area contributed by atoms with Crippen molar-refractivity contribution in [2.24, 2.45) is 0 Å². The highest BCUT2D eigenvalue weighted by Crippen LogP contribution is 2.29. The molecule has 43 heavy (non-hydrogen) atoms. The van der Waals surface area contributed by atoms with Gasteiger partial charge in [0.15, 0.2) is 0 Å². The van der Waals surface area contributed by atoms with Gasteiger partial charge >= 0.3 is 35.8 Å². The summed E-state index contributed by atoms with van der Waals surface area (Å²) in [5.74, 6) is -5.87. The van der Waals surface area contributed by atoms with Gasteiger partial charge in [-0.05, 0) is 72.8 Å². The lowest BCUT2D eigenvalue weighted by Gasteiger charge is -2.10. The van der Waals surface area contributed by atoms with Crippen LogP contribution in [0.5, 0.6) is 23.0 Å². The number of aromatic carboxylic acids is 4. The first-order valence-electron chi connectivity index (χ1n) is 12.0. The second-order valence-corrected chi connectivity index (χ2v) is 8.53. The van der Waals surface area contributed by atoms with E-state index in [1.165, 1.54) is 36.4 Å². The summed E-state index contributed by atoms with van der Waals surface area (Å²) in [6.07, 6.45) is 0. The van der Waals surface area contributed by atoms with Gasteiger partial charge in [0, 0.05) is 0 Å². The Kier molecular flexibility index (Phi) is 8.47. The molecule has 0 atom stereocenters. The van der Waals surface area contributed by atoms with E-state index < -0.39 is 46.9 Å². The van der Waals surface area contributed by atoms with Crippen molar-refractivity contribution in [1.82, 2.24) is 0 Å². The van der Waals surface area contributed by atoms with Crippen LogP contribution in [0.3, 0.4) is 0 Å². The van der Waals surface area contributed by atoms with E-state index in [-0.39, 0.29) is 22.6 Å². The van der Waals surface area contributed by atoms with Crippen LogP contribution in [0.25, 0.3) is 0 Å². The van der Waals surface area contributed by atoms with E-state index in [0.29, 0.717) is 22.6 Å². The fraction of sp³-hybridized carbons (Fsp3) is 0. The van der Waals surface area contributed by atoms with Gasteiger partial charge in [-0.1, -0.05) is 12.1 Å². The Morgan fingerprint density at radius 3 is 1.12 bits per heavy atom. The van der Waals surface area contributed by atoms with Gasteiger partial charge in [0.25, 0.3) is 0 Å². The highest BCUT2D eigenvalue weighted by Gasteiger charge is 2.28. The molecule has 0 bridgehead atoms. The van der Waals surface area contributed by atoms with E-state index in [0.717, 1.165) is 24.3 Å². The Balaban J connectivity index is 0.000000319. The second kappa shape index (κ2) is 12.3. The molecule has 4 aromatic rings. The molecule has 1 aliphatic rings. The third-order valence-corrected chi connectivity index (χ3v) is 5.75. The van der Waals surface area contributed by atoms with E-state index in [4.69, 9.17) is 19.7 Å². The molecule has 4 N–H and O–H groups in total. The number of hydrogen-bond acceptors (Lipinski definition) is 9. The van der Waals surface area contributed by atoms with Crippen LogP contribution in [0.4, 0.5) is 0 Å². The standard InChI is InChI=1S/C22H14O10.C8H4O3/c23-19(24)15-7-5-13(9-17(15)21(27)28)31-11-1-2-12(4-3-11)32-14-6-8-16(20(25)26)18(10-14)22(29)30;9-7-5-3-1-2-4-6(5)8(10)11-7/h1-10H,(H,23,24)(H,25,26)(H,27,28)(H,29,30);1-4H. The van der Waals surface area contributed by atoms with Gasteiger partial charge in [0.2, 0.25) is 0 Å². The maximum Gasteiger partial charge on any atom is 0.346 e. The fourth-order valence-electron chi connectivity index (χ4n) is 3.78. The summed E-state index contributed by atoms with van der Waals surface area (Å²) in [7, 11) is 0. The van der Waals surface area contributed by atoms with Gasteiger partial charge in [0.1, 0.15) is 23.0 Å². The molecular formula is C30H18O13. The van der Waals surface area contributed by atoms with Gasteiger partial charge in [-0.2, -0.15) is 0 Å². The molecule has 13 nitrogen and oxygen atoms in total. The minimum absolute atomic E-state index is 0.108. The van der Waals surface area contributed by atoms with Crippen LogP contribution in [-0.2, 0) is 4.74 Å². The number of cyclic esters (lactones) is 2. The van der Waals surface area contributed by atoms with Crippen molar-refractivity contribution in [3.63, 3.8) is 0 Å². The molecule has 0 aromatic heterocycles. The number of carbonyl (C=O) groups is 6. The van der Waals surface area contributed by atoms with Crippen molar-refractivity contribution in [3.8, 4) is 23.0 Å². The lowest BCUT2D eigenvalue weighted by molar-refractivity contribution is 0.0441. The summed E-state index contributed by atoms with van der Waals surface area (Å²) in [6.45, 7) is 0. The molecule has 1 heterocycles. The predicted molar refractivity (Wildman–Crippen MR) is 143 cm³/mol. The number of benzene rings is 4. The molecule has 0 fully saturated rings. The molecule has 0 saturated carbocycles. The highest BCUT2D eigenvalue weighted by atomic mass is 16.6. The number of fused-ring (bicyclic) bond motifs is 1. The van der Waals surface area contributed by atoms with Gasteiger partial charge in [-0.25, -0.2) is 28.8 Å². The van der Waals surface area contributed by atoms with E-state index in [2.05, 4.69) is 4.74 Å². The lowest BCUT2D eigenvalue weighted by atomic mass is 10.1. The van der Waals surface area contributed by atoms with Crippen molar-refractivity contribution < 1.29 is 63.4 Å². The first-order valence-corrected chi connectivity index (χ1v) is 12.0. The van der Waals surface area contributed by atoms with Crippen molar-refractivity contribution in [2.75, 3.05) is 0 Å². The largest absolute Gasteiger partial charge is 0.478 e.